The summed E-state index contributed by atoms with van der Waals surface area (Å²) in [6.07, 6.45) is 17.9. The number of hydrogen-bond donors (Lipinski definition) is 4. The van der Waals surface area contributed by atoms with Crippen molar-refractivity contribution in [3.63, 3.8) is 0 Å². The lowest BCUT2D eigenvalue weighted by molar-refractivity contribution is -0.142. The van der Waals surface area contributed by atoms with Gasteiger partial charge >= 0.3 is 5.97 Å². The van der Waals surface area contributed by atoms with Crippen LogP contribution in [0.3, 0.4) is 0 Å². The molecule has 0 heterocycles. The number of nitrogens with two attached hydrogens (primary N) is 2. The summed E-state index contributed by atoms with van der Waals surface area (Å²) >= 11 is 0. The first-order valence-electron chi connectivity index (χ1n) is 10.7. The SMILES string of the molecule is CCCCCC/C=C\CCCCCCCC(=O)N[C@@H](CCN=C(N)N)C(=O)O. The Bertz CT molecular complexity index is 474. The number of aliphatic imine (C=N–C) groups is 1. The molecule has 1 amide bonds. The van der Waals surface area contributed by atoms with Crippen LogP contribution in [0.2, 0.25) is 0 Å². The van der Waals surface area contributed by atoms with E-state index in [9.17, 15) is 9.59 Å². The minimum absolute atomic E-state index is 0.0853. The summed E-state index contributed by atoms with van der Waals surface area (Å²) in [6.45, 7) is 2.40. The minimum atomic E-state index is -1.07. The van der Waals surface area contributed by atoms with Crippen LogP contribution in [-0.4, -0.2) is 35.5 Å². The van der Waals surface area contributed by atoms with E-state index in [1.807, 2.05) is 0 Å². The van der Waals surface area contributed by atoms with Crippen molar-refractivity contribution in [3.05, 3.63) is 12.2 Å². The lowest BCUT2D eigenvalue weighted by Crippen LogP contribution is -2.41. The average Bonchev–Trinajstić information content (AvgIpc) is 2.64. The molecule has 0 aromatic rings. The molecule has 6 N–H and O–H groups in total. The normalized spacial score (nSPS) is 12.0. The summed E-state index contributed by atoms with van der Waals surface area (Å²) in [7, 11) is 0. The number of rotatable bonds is 18. The molecular formula is C21H40N4O3. The van der Waals surface area contributed by atoms with Gasteiger partial charge in [-0.25, -0.2) is 4.79 Å². The van der Waals surface area contributed by atoms with Crippen LogP contribution in [0.15, 0.2) is 17.1 Å². The van der Waals surface area contributed by atoms with E-state index < -0.39 is 12.0 Å². The number of nitrogens with one attached hydrogen (secondary N) is 1. The number of carbonyl (C=O) groups excluding carboxylic acids is 1. The molecule has 0 spiro atoms. The van der Waals surface area contributed by atoms with E-state index in [4.69, 9.17) is 16.6 Å². The van der Waals surface area contributed by atoms with Gasteiger partial charge in [0.15, 0.2) is 5.96 Å². The molecule has 0 radical (unpaired) electrons. The highest BCUT2D eigenvalue weighted by Gasteiger charge is 2.19. The summed E-state index contributed by atoms with van der Waals surface area (Å²) in [5, 5.41) is 11.7. The van der Waals surface area contributed by atoms with Gasteiger partial charge in [0.2, 0.25) is 5.91 Å². The number of aliphatic carboxylic acids is 1. The number of allylic oxidation sites excluding steroid dienone is 2. The summed E-state index contributed by atoms with van der Waals surface area (Å²) in [4.78, 5) is 26.8. The van der Waals surface area contributed by atoms with Crippen molar-refractivity contribution >= 4 is 17.8 Å². The molecular weight excluding hydrogens is 356 g/mol. The number of carbonyl (C=O) groups is 2. The Labute approximate surface area is 170 Å². The second-order valence-corrected chi connectivity index (χ2v) is 7.18. The Morgan fingerprint density at radius 1 is 0.964 bits per heavy atom. The molecule has 162 valence electrons. The molecule has 0 bridgehead atoms. The van der Waals surface area contributed by atoms with Crippen LogP contribution in [0.25, 0.3) is 0 Å². The third-order valence-corrected chi connectivity index (χ3v) is 4.51. The Morgan fingerprint density at radius 3 is 2.11 bits per heavy atom. The predicted molar refractivity (Wildman–Crippen MR) is 115 cm³/mol. The minimum Gasteiger partial charge on any atom is -0.480 e. The molecule has 7 nitrogen and oxygen atoms in total. The first-order chi connectivity index (χ1) is 13.5. The van der Waals surface area contributed by atoms with Gasteiger partial charge < -0.3 is 21.9 Å². The van der Waals surface area contributed by atoms with E-state index in [1.165, 1.54) is 38.5 Å². The summed E-state index contributed by atoms with van der Waals surface area (Å²) in [6, 6.07) is -0.954. The highest BCUT2D eigenvalue weighted by Crippen LogP contribution is 2.09. The Kier molecular flexibility index (Phi) is 17.0. The molecule has 0 aromatic carbocycles. The van der Waals surface area contributed by atoms with Crippen LogP contribution in [0, 0.1) is 0 Å². The maximum atomic E-state index is 11.9. The van der Waals surface area contributed by atoms with Gasteiger partial charge in [0.1, 0.15) is 6.04 Å². The third-order valence-electron chi connectivity index (χ3n) is 4.51. The molecule has 28 heavy (non-hydrogen) atoms. The molecule has 7 heteroatoms. The van der Waals surface area contributed by atoms with Crippen LogP contribution in [0.1, 0.15) is 90.4 Å². The Balaban J connectivity index is 3.65. The summed E-state index contributed by atoms with van der Waals surface area (Å²) in [5.41, 5.74) is 10.4. The Hall–Kier alpha value is -2.05. The van der Waals surface area contributed by atoms with Crippen molar-refractivity contribution in [2.45, 2.75) is 96.4 Å². The summed E-state index contributed by atoms with van der Waals surface area (Å²) < 4.78 is 0. The van der Waals surface area contributed by atoms with Crippen LogP contribution < -0.4 is 16.8 Å². The van der Waals surface area contributed by atoms with E-state index in [0.717, 1.165) is 32.1 Å². The molecule has 0 fully saturated rings. The van der Waals surface area contributed by atoms with Gasteiger partial charge in [-0.15, -0.1) is 0 Å². The van der Waals surface area contributed by atoms with Crippen molar-refractivity contribution in [2.24, 2.45) is 16.5 Å². The van der Waals surface area contributed by atoms with E-state index in [0.29, 0.717) is 6.42 Å². The van der Waals surface area contributed by atoms with Gasteiger partial charge in [0.25, 0.3) is 0 Å². The van der Waals surface area contributed by atoms with Gasteiger partial charge in [-0.2, -0.15) is 0 Å². The first kappa shape index (κ1) is 26.0. The smallest absolute Gasteiger partial charge is 0.326 e. The number of guanidine groups is 1. The van der Waals surface area contributed by atoms with E-state index >= 15 is 0 Å². The molecule has 1 atom stereocenters. The Morgan fingerprint density at radius 2 is 1.54 bits per heavy atom. The number of carboxylic acid groups (broad SMARTS) is 1. The number of amides is 1. The quantitative estimate of drug-likeness (QED) is 0.122. The monoisotopic (exact) mass is 396 g/mol. The van der Waals surface area contributed by atoms with Gasteiger partial charge in [-0.1, -0.05) is 57.6 Å². The fraction of sp³-hybridized carbons (Fsp3) is 0.762. The van der Waals surface area contributed by atoms with Crippen LogP contribution in [0.5, 0.6) is 0 Å². The zero-order valence-corrected chi connectivity index (χ0v) is 17.5. The highest BCUT2D eigenvalue weighted by atomic mass is 16.4. The second-order valence-electron chi connectivity index (χ2n) is 7.18. The van der Waals surface area contributed by atoms with Crippen LogP contribution in [0.4, 0.5) is 0 Å². The highest BCUT2D eigenvalue weighted by molar-refractivity contribution is 5.83. The number of carboxylic acids is 1. The fourth-order valence-electron chi connectivity index (χ4n) is 2.85. The number of hydrogen-bond acceptors (Lipinski definition) is 3. The number of unbranched alkanes of at least 4 members (excludes halogenated alkanes) is 9. The maximum absolute atomic E-state index is 11.9. The maximum Gasteiger partial charge on any atom is 0.326 e. The van der Waals surface area contributed by atoms with E-state index in [1.54, 1.807) is 0 Å². The molecule has 0 aliphatic rings. The van der Waals surface area contributed by atoms with E-state index in [2.05, 4.69) is 29.4 Å². The van der Waals surface area contributed by atoms with E-state index in [-0.39, 0.29) is 24.8 Å². The van der Waals surface area contributed by atoms with Gasteiger partial charge in [-0.3, -0.25) is 9.79 Å². The van der Waals surface area contributed by atoms with Crippen molar-refractivity contribution in [2.75, 3.05) is 6.54 Å². The third kappa shape index (κ3) is 17.4. The zero-order valence-electron chi connectivity index (χ0n) is 17.5. The fourth-order valence-corrected chi connectivity index (χ4v) is 2.85. The lowest BCUT2D eigenvalue weighted by Gasteiger charge is -2.13. The molecule has 0 saturated carbocycles. The van der Waals surface area contributed by atoms with Crippen LogP contribution >= 0.6 is 0 Å². The topological polar surface area (TPSA) is 131 Å². The predicted octanol–water partition coefficient (Wildman–Crippen LogP) is 3.48. The molecule has 0 aromatic heterocycles. The molecule has 0 rings (SSSR count). The van der Waals surface area contributed by atoms with Crippen molar-refractivity contribution in [1.29, 1.82) is 0 Å². The molecule has 0 unspecified atom stereocenters. The largest absolute Gasteiger partial charge is 0.480 e. The standard InChI is InChI=1S/C21H40N4O3/c1-2-3-4-5-6-7-8-9-10-11-12-13-14-15-19(26)25-18(20(27)28)16-17-24-21(22)23/h7-8,18H,2-6,9-17H2,1H3,(H,25,26)(H,27,28)(H4,22,23,24)/b8-7-/t18-/m0/s1. The van der Waals surface area contributed by atoms with Crippen molar-refractivity contribution in [1.82, 2.24) is 5.32 Å². The lowest BCUT2D eigenvalue weighted by atomic mass is 10.1. The molecule has 0 aliphatic carbocycles. The number of nitrogens with zero attached hydrogens (tertiary/aromatic N) is 1. The van der Waals surface area contributed by atoms with Crippen molar-refractivity contribution < 1.29 is 14.7 Å². The molecule has 0 saturated heterocycles. The van der Waals surface area contributed by atoms with Gasteiger partial charge in [0, 0.05) is 13.0 Å². The average molecular weight is 397 g/mol. The first-order valence-corrected chi connectivity index (χ1v) is 10.7. The van der Waals surface area contributed by atoms with Crippen molar-refractivity contribution in [3.8, 4) is 0 Å². The van der Waals surface area contributed by atoms with Gasteiger partial charge in [-0.05, 0) is 38.5 Å². The summed E-state index contributed by atoms with van der Waals surface area (Å²) in [5.74, 6) is -1.39. The second kappa shape index (κ2) is 18.3. The van der Waals surface area contributed by atoms with Crippen LogP contribution in [-0.2, 0) is 9.59 Å². The zero-order chi connectivity index (χ0) is 21.0. The molecule has 0 aliphatic heterocycles. The van der Waals surface area contributed by atoms with Gasteiger partial charge in [0.05, 0.1) is 0 Å².